The molecule has 0 fully saturated rings. The fourth-order valence-electron chi connectivity index (χ4n) is 1.81. The first-order valence-electron chi connectivity index (χ1n) is 6.46. The number of hydrogen-bond donors (Lipinski definition) is 1. The number of carbonyl (C=O) groups is 1. The van der Waals surface area contributed by atoms with Crippen LogP contribution in [0.25, 0.3) is 0 Å². The highest BCUT2D eigenvalue weighted by molar-refractivity contribution is 7.89. The predicted octanol–water partition coefficient (Wildman–Crippen LogP) is 1.61. The maximum absolute atomic E-state index is 13.6. The van der Waals surface area contributed by atoms with E-state index in [1.807, 2.05) is 0 Å². The predicted molar refractivity (Wildman–Crippen MR) is 74.5 cm³/mol. The van der Waals surface area contributed by atoms with Crippen LogP contribution in [0, 0.1) is 5.82 Å². The van der Waals surface area contributed by atoms with Crippen LogP contribution in [0.3, 0.4) is 0 Å². The second kappa shape index (κ2) is 6.81. The van der Waals surface area contributed by atoms with Gasteiger partial charge in [-0.1, -0.05) is 13.8 Å². The number of nitrogens with zero attached hydrogens (tertiary/aromatic N) is 1. The molecule has 0 unspecified atom stereocenters. The van der Waals surface area contributed by atoms with Crippen molar-refractivity contribution < 1.29 is 17.6 Å². The maximum atomic E-state index is 13.6. The van der Waals surface area contributed by atoms with Gasteiger partial charge >= 0.3 is 0 Å². The fraction of sp³-hybridized carbons (Fsp3) is 0.462. The summed E-state index contributed by atoms with van der Waals surface area (Å²) in [6.07, 6.45) is 0. The molecule has 0 aromatic heterocycles. The molecule has 0 radical (unpaired) electrons. The Morgan fingerprint density at radius 1 is 1.25 bits per heavy atom. The van der Waals surface area contributed by atoms with Crippen molar-refractivity contribution in [3.05, 3.63) is 29.6 Å². The molecule has 0 heterocycles. The second-order valence-electron chi connectivity index (χ2n) is 4.09. The van der Waals surface area contributed by atoms with Crippen LogP contribution in [-0.4, -0.2) is 38.3 Å². The fourth-order valence-corrected chi connectivity index (χ4v) is 3.29. The van der Waals surface area contributed by atoms with E-state index in [1.165, 1.54) is 10.4 Å². The van der Waals surface area contributed by atoms with Gasteiger partial charge in [0.15, 0.2) is 0 Å². The highest BCUT2D eigenvalue weighted by atomic mass is 32.2. The highest BCUT2D eigenvalue weighted by Gasteiger charge is 2.24. The molecule has 0 atom stereocenters. The minimum absolute atomic E-state index is 0.0798. The molecule has 0 saturated carbocycles. The molecule has 0 aliphatic heterocycles. The van der Waals surface area contributed by atoms with Crippen molar-refractivity contribution in [2.24, 2.45) is 0 Å². The molecule has 1 N–H and O–H groups in total. The Hall–Kier alpha value is -1.47. The third-order valence-electron chi connectivity index (χ3n) is 2.86. The lowest BCUT2D eigenvalue weighted by molar-refractivity contribution is 0.0951. The van der Waals surface area contributed by atoms with E-state index >= 15 is 0 Å². The average molecular weight is 302 g/mol. The molecule has 0 saturated heterocycles. The quantitative estimate of drug-likeness (QED) is 0.868. The summed E-state index contributed by atoms with van der Waals surface area (Å²) in [5.41, 5.74) is -0.264. The van der Waals surface area contributed by atoms with E-state index < -0.39 is 21.7 Å². The van der Waals surface area contributed by atoms with Gasteiger partial charge in [-0.3, -0.25) is 4.79 Å². The molecule has 1 aromatic carbocycles. The standard InChI is InChI=1S/C13H19FN2O3S/c1-4-15-13(17)11-9-10(7-8-12(11)14)20(18,19)16(5-2)6-3/h7-9H,4-6H2,1-3H3,(H,15,17). The van der Waals surface area contributed by atoms with E-state index in [0.29, 0.717) is 19.6 Å². The number of hydrogen-bond acceptors (Lipinski definition) is 3. The van der Waals surface area contributed by atoms with Crippen LogP contribution >= 0.6 is 0 Å². The zero-order valence-electron chi connectivity index (χ0n) is 11.8. The number of amides is 1. The molecule has 0 bridgehead atoms. The maximum Gasteiger partial charge on any atom is 0.254 e. The topological polar surface area (TPSA) is 66.5 Å². The minimum atomic E-state index is -3.70. The number of halogens is 1. The van der Waals surface area contributed by atoms with Crippen LogP contribution in [0.2, 0.25) is 0 Å². The first-order chi connectivity index (χ1) is 9.38. The molecular weight excluding hydrogens is 283 g/mol. The van der Waals surface area contributed by atoms with Crippen LogP contribution in [0.4, 0.5) is 4.39 Å². The Bertz CT molecular complexity index is 583. The number of benzene rings is 1. The van der Waals surface area contributed by atoms with Gasteiger partial charge in [0.1, 0.15) is 5.82 Å². The summed E-state index contributed by atoms with van der Waals surface area (Å²) < 4.78 is 39.5. The van der Waals surface area contributed by atoms with Crippen LogP contribution in [0.5, 0.6) is 0 Å². The monoisotopic (exact) mass is 302 g/mol. The minimum Gasteiger partial charge on any atom is -0.352 e. The lowest BCUT2D eigenvalue weighted by atomic mass is 10.2. The Labute approximate surface area is 118 Å². The lowest BCUT2D eigenvalue weighted by Gasteiger charge is -2.18. The molecule has 20 heavy (non-hydrogen) atoms. The van der Waals surface area contributed by atoms with E-state index in [-0.39, 0.29) is 10.5 Å². The number of sulfonamides is 1. The van der Waals surface area contributed by atoms with Crippen molar-refractivity contribution in [1.29, 1.82) is 0 Å². The van der Waals surface area contributed by atoms with E-state index in [4.69, 9.17) is 0 Å². The smallest absolute Gasteiger partial charge is 0.254 e. The van der Waals surface area contributed by atoms with Crippen molar-refractivity contribution in [2.75, 3.05) is 19.6 Å². The van der Waals surface area contributed by atoms with Gasteiger partial charge in [-0.2, -0.15) is 4.31 Å². The molecule has 5 nitrogen and oxygen atoms in total. The van der Waals surface area contributed by atoms with Gasteiger partial charge in [-0.25, -0.2) is 12.8 Å². The Morgan fingerprint density at radius 2 is 1.85 bits per heavy atom. The molecule has 7 heteroatoms. The van der Waals surface area contributed by atoms with Gasteiger partial charge in [-0.15, -0.1) is 0 Å². The van der Waals surface area contributed by atoms with E-state index in [0.717, 1.165) is 12.1 Å². The van der Waals surface area contributed by atoms with Gasteiger partial charge in [-0.05, 0) is 25.1 Å². The molecule has 1 aromatic rings. The molecule has 0 spiro atoms. The van der Waals surface area contributed by atoms with E-state index in [1.54, 1.807) is 20.8 Å². The third kappa shape index (κ3) is 3.34. The van der Waals surface area contributed by atoms with Crippen LogP contribution < -0.4 is 5.32 Å². The highest BCUT2D eigenvalue weighted by Crippen LogP contribution is 2.19. The van der Waals surface area contributed by atoms with Gasteiger partial charge in [0.25, 0.3) is 5.91 Å². The van der Waals surface area contributed by atoms with Crippen LogP contribution in [0.15, 0.2) is 23.1 Å². The summed E-state index contributed by atoms with van der Waals surface area (Å²) in [7, 11) is -3.70. The lowest BCUT2D eigenvalue weighted by Crippen LogP contribution is -2.31. The Kier molecular flexibility index (Phi) is 5.64. The summed E-state index contributed by atoms with van der Waals surface area (Å²) in [5, 5.41) is 2.45. The Balaban J connectivity index is 3.28. The van der Waals surface area contributed by atoms with Crippen molar-refractivity contribution in [2.45, 2.75) is 25.7 Å². The zero-order valence-corrected chi connectivity index (χ0v) is 12.6. The van der Waals surface area contributed by atoms with Gasteiger partial charge < -0.3 is 5.32 Å². The first kappa shape index (κ1) is 16.6. The Morgan fingerprint density at radius 3 is 2.35 bits per heavy atom. The van der Waals surface area contributed by atoms with E-state index in [9.17, 15) is 17.6 Å². The van der Waals surface area contributed by atoms with Crippen molar-refractivity contribution in [1.82, 2.24) is 9.62 Å². The van der Waals surface area contributed by atoms with Crippen LogP contribution in [-0.2, 0) is 10.0 Å². The summed E-state index contributed by atoms with van der Waals surface area (Å²) >= 11 is 0. The molecular formula is C13H19FN2O3S. The normalized spacial score (nSPS) is 11.7. The molecule has 0 aliphatic rings. The molecule has 0 aliphatic carbocycles. The first-order valence-corrected chi connectivity index (χ1v) is 7.90. The van der Waals surface area contributed by atoms with Crippen LogP contribution in [0.1, 0.15) is 31.1 Å². The van der Waals surface area contributed by atoms with Crippen molar-refractivity contribution in [3.8, 4) is 0 Å². The molecule has 112 valence electrons. The summed E-state index contributed by atoms with van der Waals surface area (Å²) in [4.78, 5) is 11.6. The third-order valence-corrected chi connectivity index (χ3v) is 4.91. The summed E-state index contributed by atoms with van der Waals surface area (Å²) in [6, 6.07) is 3.25. The molecule has 1 rings (SSSR count). The van der Waals surface area contributed by atoms with Crippen molar-refractivity contribution >= 4 is 15.9 Å². The average Bonchev–Trinajstić information content (AvgIpc) is 2.40. The molecule has 1 amide bonds. The van der Waals surface area contributed by atoms with E-state index in [2.05, 4.69) is 5.32 Å². The summed E-state index contributed by atoms with van der Waals surface area (Å²) in [6.45, 7) is 6.10. The number of rotatable bonds is 6. The zero-order chi connectivity index (χ0) is 15.3. The second-order valence-corrected chi connectivity index (χ2v) is 6.03. The van der Waals surface area contributed by atoms with Gasteiger partial charge in [0.05, 0.1) is 10.5 Å². The largest absolute Gasteiger partial charge is 0.352 e. The SMILES string of the molecule is CCNC(=O)c1cc(S(=O)(=O)N(CC)CC)ccc1F. The van der Waals surface area contributed by atoms with Crippen molar-refractivity contribution in [3.63, 3.8) is 0 Å². The summed E-state index contributed by atoms with van der Waals surface area (Å²) in [5.74, 6) is -1.36. The van der Waals surface area contributed by atoms with Gasteiger partial charge in [0.2, 0.25) is 10.0 Å². The number of nitrogens with one attached hydrogen (secondary N) is 1. The van der Waals surface area contributed by atoms with Gasteiger partial charge in [0, 0.05) is 19.6 Å². The number of carbonyl (C=O) groups excluding carboxylic acids is 1.